The molecule has 0 radical (unpaired) electrons. The molecule has 4 amide bonds. The van der Waals surface area contributed by atoms with Gasteiger partial charge in [0, 0.05) is 12.1 Å². The van der Waals surface area contributed by atoms with Gasteiger partial charge in [0.15, 0.2) is 0 Å². The van der Waals surface area contributed by atoms with Gasteiger partial charge in [0.1, 0.15) is 24.2 Å². The van der Waals surface area contributed by atoms with Crippen molar-refractivity contribution in [3.63, 3.8) is 0 Å². The molecule has 42 heavy (non-hydrogen) atoms. The van der Waals surface area contributed by atoms with Gasteiger partial charge in [0.05, 0.1) is 14.2 Å². The number of carboxylic acid groups (broad SMARTS) is 2. The number of carbonyl (C=O) groups excluding carboxylic acids is 4. The number of amides is 4. The summed E-state index contributed by atoms with van der Waals surface area (Å²) in [4.78, 5) is 73.7. The zero-order valence-electron chi connectivity index (χ0n) is 25.9. The minimum Gasteiger partial charge on any atom is -0.480 e. The van der Waals surface area contributed by atoms with Crippen LogP contribution in [0.3, 0.4) is 0 Å². The Balaban J connectivity index is 0.000000420. The minimum absolute atomic E-state index is 0.112. The number of ether oxygens (including phenoxy) is 2. The number of nitrogens with zero attached hydrogens (tertiary/aromatic N) is 2. The predicted octanol–water partition coefficient (Wildman–Crippen LogP) is 2.44. The van der Waals surface area contributed by atoms with Gasteiger partial charge in [0.25, 0.3) is 0 Å². The van der Waals surface area contributed by atoms with Crippen molar-refractivity contribution in [2.24, 2.45) is 11.8 Å². The van der Waals surface area contributed by atoms with E-state index in [9.17, 15) is 39.0 Å². The molecule has 2 heterocycles. The fourth-order valence-electron chi connectivity index (χ4n) is 5.25. The van der Waals surface area contributed by atoms with E-state index in [1.54, 1.807) is 0 Å². The van der Waals surface area contributed by atoms with E-state index in [0.29, 0.717) is 38.5 Å². The highest BCUT2D eigenvalue weighted by atomic mass is 16.5. The number of likely N-dealkylation sites (tertiary alicyclic amines) is 2. The molecule has 14 heteroatoms. The summed E-state index contributed by atoms with van der Waals surface area (Å²) in [5, 5.41) is 23.6. The Bertz CT molecular complexity index is 900. The number of rotatable bonds is 10. The normalized spacial score (nSPS) is 24.3. The van der Waals surface area contributed by atoms with Crippen molar-refractivity contribution in [2.45, 2.75) is 116 Å². The summed E-state index contributed by atoms with van der Waals surface area (Å²) in [6.45, 7) is 11.2. The van der Waals surface area contributed by atoms with Crippen molar-refractivity contribution in [3.05, 3.63) is 0 Å². The number of carbonyl (C=O) groups is 6. The van der Waals surface area contributed by atoms with Crippen LogP contribution in [0.4, 0.5) is 9.59 Å². The van der Waals surface area contributed by atoms with Crippen LogP contribution < -0.4 is 10.6 Å². The van der Waals surface area contributed by atoms with E-state index in [2.05, 4.69) is 20.1 Å². The van der Waals surface area contributed by atoms with Gasteiger partial charge in [0.2, 0.25) is 11.8 Å². The number of methoxy groups -OCH3 is 2. The first-order valence-corrected chi connectivity index (χ1v) is 14.4. The molecule has 2 aliphatic rings. The number of carboxylic acids is 2. The molecule has 0 unspecified atom stereocenters. The highest BCUT2D eigenvalue weighted by molar-refractivity contribution is 5.91. The summed E-state index contributed by atoms with van der Waals surface area (Å²) in [7, 11) is 2.46. The highest BCUT2D eigenvalue weighted by Crippen LogP contribution is 2.28. The SMILES string of the molecule is CC[C@H](C)[C@H](NC(=O)OC)C(=O)N1[C@@H](C)CC[C@H]1C(=O)O.CC[C@H](C)[C@H](NC(=O)OC)C(=O)N1[C@@H](C)CC[C@H]1C(=O)O. The second kappa shape index (κ2) is 16.8. The molecule has 0 aromatic rings. The first-order chi connectivity index (χ1) is 19.7. The van der Waals surface area contributed by atoms with Crippen molar-refractivity contribution in [1.82, 2.24) is 20.4 Å². The van der Waals surface area contributed by atoms with Gasteiger partial charge >= 0.3 is 24.1 Å². The van der Waals surface area contributed by atoms with E-state index < -0.39 is 48.3 Å². The topological polar surface area (TPSA) is 192 Å². The minimum atomic E-state index is -1.01. The largest absolute Gasteiger partial charge is 0.480 e. The predicted molar refractivity (Wildman–Crippen MR) is 151 cm³/mol. The third kappa shape index (κ3) is 9.21. The Morgan fingerprint density at radius 1 is 0.690 bits per heavy atom. The van der Waals surface area contributed by atoms with E-state index in [1.165, 1.54) is 24.0 Å². The maximum absolute atomic E-state index is 12.7. The second-order valence-corrected chi connectivity index (χ2v) is 11.1. The van der Waals surface area contributed by atoms with Gasteiger partial charge in [-0.1, -0.05) is 40.5 Å². The molecule has 0 aromatic carbocycles. The van der Waals surface area contributed by atoms with Gasteiger partial charge in [-0.3, -0.25) is 9.59 Å². The molecule has 2 saturated heterocycles. The number of aliphatic carboxylic acids is 2. The highest BCUT2D eigenvalue weighted by Gasteiger charge is 2.44. The first-order valence-electron chi connectivity index (χ1n) is 14.4. The molecule has 0 saturated carbocycles. The van der Waals surface area contributed by atoms with Crippen molar-refractivity contribution < 1.29 is 48.5 Å². The molecule has 0 spiro atoms. The molecule has 0 aliphatic carbocycles. The van der Waals surface area contributed by atoms with Crippen LogP contribution >= 0.6 is 0 Å². The van der Waals surface area contributed by atoms with Crippen LogP contribution in [-0.2, 0) is 28.7 Å². The van der Waals surface area contributed by atoms with E-state index in [1.807, 2.05) is 41.5 Å². The zero-order valence-corrected chi connectivity index (χ0v) is 25.9. The van der Waals surface area contributed by atoms with Crippen LogP contribution in [0.5, 0.6) is 0 Å². The molecule has 4 N–H and O–H groups in total. The summed E-state index contributed by atoms with van der Waals surface area (Å²) in [5.74, 6) is -2.95. The van der Waals surface area contributed by atoms with E-state index in [4.69, 9.17) is 0 Å². The van der Waals surface area contributed by atoms with Gasteiger partial charge in [-0.2, -0.15) is 0 Å². The van der Waals surface area contributed by atoms with Gasteiger partial charge in [-0.15, -0.1) is 0 Å². The van der Waals surface area contributed by atoms with Crippen molar-refractivity contribution in [2.75, 3.05) is 14.2 Å². The van der Waals surface area contributed by atoms with Crippen LogP contribution in [0, 0.1) is 11.8 Å². The maximum atomic E-state index is 12.7. The quantitative estimate of drug-likeness (QED) is 0.289. The third-order valence-corrected chi connectivity index (χ3v) is 8.29. The Hall–Kier alpha value is -3.58. The van der Waals surface area contributed by atoms with E-state index >= 15 is 0 Å². The van der Waals surface area contributed by atoms with E-state index in [-0.39, 0.29) is 35.7 Å². The van der Waals surface area contributed by atoms with Crippen molar-refractivity contribution in [1.29, 1.82) is 0 Å². The number of alkyl carbamates (subject to hydrolysis) is 2. The summed E-state index contributed by atoms with van der Waals surface area (Å²) in [5.41, 5.74) is 0. The lowest BCUT2D eigenvalue weighted by atomic mass is 9.97. The lowest BCUT2D eigenvalue weighted by Crippen LogP contribution is -2.55. The molecular formula is C28H48N4O10. The summed E-state index contributed by atoms with van der Waals surface area (Å²) in [6.07, 6.45) is 2.16. The maximum Gasteiger partial charge on any atom is 0.407 e. The van der Waals surface area contributed by atoms with Gasteiger partial charge in [-0.05, 0) is 51.4 Å². The monoisotopic (exact) mass is 600 g/mol. The van der Waals surface area contributed by atoms with Crippen molar-refractivity contribution >= 4 is 35.9 Å². The van der Waals surface area contributed by atoms with Crippen LogP contribution in [0.25, 0.3) is 0 Å². The zero-order chi connectivity index (χ0) is 32.3. The second-order valence-electron chi connectivity index (χ2n) is 11.1. The van der Waals surface area contributed by atoms with Crippen LogP contribution in [0.15, 0.2) is 0 Å². The summed E-state index contributed by atoms with van der Waals surface area (Å²) in [6, 6.07) is -3.49. The summed E-state index contributed by atoms with van der Waals surface area (Å²) >= 11 is 0. The Morgan fingerprint density at radius 2 is 1.00 bits per heavy atom. The molecule has 2 rings (SSSR count). The average molecular weight is 601 g/mol. The standard InChI is InChI=1S/2C14H24N2O5/c2*1-5-8(2)11(15-14(20)21-4)12(17)16-9(3)6-7-10(16)13(18)19/h2*8-11H,5-7H2,1-4H3,(H,15,20)(H,18,19)/t2*8-,9-,10-,11-/m00/s1. The third-order valence-electron chi connectivity index (χ3n) is 8.29. The lowest BCUT2D eigenvalue weighted by molar-refractivity contribution is -0.150. The van der Waals surface area contributed by atoms with Gasteiger partial charge < -0.3 is 40.1 Å². The fourth-order valence-corrected chi connectivity index (χ4v) is 5.25. The molecular weight excluding hydrogens is 552 g/mol. The van der Waals surface area contributed by atoms with E-state index in [0.717, 1.165) is 0 Å². The Labute approximate surface area is 247 Å². The van der Waals surface area contributed by atoms with Crippen LogP contribution in [0.1, 0.15) is 80.1 Å². The molecule has 8 atom stereocenters. The number of hydrogen-bond acceptors (Lipinski definition) is 8. The molecule has 0 aromatic heterocycles. The Kier molecular flexibility index (Phi) is 14.5. The lowest BCUT2D eigenvalue weighted by Gasteiger charge is -2.32. The van der Waals surface area contributed by atoms with Gasteiger partial charge in [-0.25, -0.2) is 19.2 Å². The summed E-state index contributed by atoms with van der Waals surface area (Å²) < 4.78 is 9.10. The smallest absolute Gasteiger partial charge is 0.407 e. The molecule has 0 bridgehead atoms. The molecule has 2 fully saturated rings. The van der Waals surface area contributed by atoms with Crippen LogP contribution in [-0.4, -0.2) is 106 Å². The molecule has 240 valence electrons. The number of hydrogen-bond donors (Lipinski definition) is 4. The molecule has 14 nitrogen and oxygen atoms in total. The number of nitrogens with one attached hydrogen (secondary N) is 2. The fraction of sp³-hybridized carbons (Fsp3) is 0.786. The average Bonchev–Trinajstić information content (AvgIpc) is 3.55. The van der Waals surface area contributed by atoms with Crippen molar-refractivity contribution in [3.8, 4) is 0 Å². The molecule has 2 aliphatic heterocycles. The first kappa shape index (κ1) is 36.4. The Morgan fingerprint density at radius 3 is 1.24 bits per heavy atom. The van der Waals surface area contributed by atoms with Crippen LogP contribution in [0.2, 0.25) is 0 Å².